The number of aryl methyl sites for hydroxylation is 4. The number of benzene rings is 1. The Morgan fingerprint density at radius 1 is 0.952 bits per heavy atom. The second-order valence-electron chi connectivity index (χ2n) is 5.48. The number of fused-ring (bicyclic) bond motifs is 1. The first-order chi connectivity index (χ1) is 10.1. The van der Waals surface area contributed by atoms with Crippen molar-refractivity contribution in [3.05, 3.63) is 52.8 Å². The van der Waals surface area contributed by atoms with Crippen LogP contribution in [-0.2, 0) is 12.8 Å². The molecule has 3 heteroatoms. The van der Waals surface area contributed by atoms with Crippen LogP contribution in [0.4, 0.5) is 0 Å². The normalized spacial score (nSPS) is 11.2. The third-order valence-electron chi connectivity index (χ3n) is 4.03. The van der Waals surface area contributed by atoms with Gasteiger partial charge in [-0.1, -0.05) is 26.0 Å². The van der Waals surface area contributed by atoms with Crippen molar-refractivity contribution in [1.29, 1.82) is 0 Å². The largest absolute Gasteiger partial charge is 0.232 e. The molecule has 1 aromatic carbocycles. The average Bonchev–Trinajstić information content (AvgIpc) is 2.81. The summed E-state index contributed by atoms with van der Waals surface area (Å²) in [6.45, 7) is 8.48. The van der Waals surface area contributed by atoms with Crippen molar-refractivity contribution in [3.8, 4) is 11.3 Å². The van der Waals surface area contributed by atoms with Crippen molar-refractivity contribution < 1.29 is 0 Å². The molecule has 0 aliphatic rings. The van der Waals surface area contributed by atoms with Gasteiger partial charge in [-0.3, -0.25) is 0 Å². The number of hydrogen-bond donors (Lipinski definition) is 0. The monoisotopic (exact) mass is 279 g/mol. The van der Waals surface area contributed by atoms with Gasteiger partial charge in [0.15, 0.2) is 5.65 Å². The Labute approximate surface area is 125 Å². The Bertz CT molecular complexity index is 800. The Morgan fingerprint density at radius 2 is 1.71 bits per heavy atom. The van der Waals surface area contributed by atoms with Crippen molar-refractivity contribution in [3.63, 3.8) is 0 Å². The number of hydrogen-bond acceptors (Lipinski definition) is 2. The number of imidazole rings is 1. The van der Waals surface area contributed by atoms with E-state index < -0.39 is 0 Å². The van der Waals surface area contributed by atoms with Crippen molar-refractivity contribution in [1.82, 2.24) is 14.6 Å². The Morgan fingerprint density at radius 3 is 2.43 bits per heavy atom. The third-order valence-corrected chi connectivity index (χ3v) is 4.03. The van der Waals surface area contributed by atoms with E-state index in [4.69, 9.17) is 0 Å². The Balaban J connectivity index is 2.24. The molecule has 0 saturated heterocycles. The molecule has 0 N–H and O–H groups in total. The summed E-state index contributed by atoms with van der Waals surface area (Å²) in [4.78, 5) is 4.63. The van der Waals surface area contributed by atoms with Gasteiger partial charge in [-0.25, -0.2) is 9.50 Å². The average molecular weight is 279 g/mol. The van der Waals surface area contributed by atoms with Gasteiger partial charge in [0.1, 0.15) is 0 Å². The fraction of sp³-hybridized carbons (Fsp3) is 0.333. The van der Waals surface area contributed by atoms with Gasteiger partial charge in [0.25, 0.3) is 0 Å². The van der Waals surface area contributed by atoms with Gasteiger partial charge in [0, 0.05) is 5.56 Å². The minimum atomic E-state index is 0.908. The molecule has 3 aromatic rings. The van der Waals surface area contributed by atoms with Gasteiger partial charge in [-0.15, -0.1) is 0 Å². The molecule has 0 saturated carbocycles. The van der Waals surface area contributed by atoms with Crippen LogP contribution in [0.1, 0.15) is 36.4 Å². The van der Waals surface area contributed by atoms with E-state index in [9.17, 15) is 0 Å². The number of aromatic nitrogens is 3. The summed E-state index contributed by atoms with van der Waals surface area (Å²) in [5.41, 5.74) is 8.08. The summed E-state index contributed by atoms with van der Waals surface area (Å²) in [7, 11) is 0. The molecule has 3 rings (SSSR count). The first kappa shape index (κ1) is 13.8. The predicted octanol–water partition coefficient (Wildman–Crippen LogP) is 4.14. The zero-order valence-electron chi connectivity index (χ0n) is 13.1. The van der Waals surface area contributed by atoms with Crippen molar-refractivity contribution in [2.45, 2.75) is 40.5 Å². The van der Waals surface area contributed by atoms with E-state index in [1.54, 1.807) is 0 Å². The summed E-state index contributed by atoms with van der Waals surface area (Å²) in [6.07, 6.45) is 2.13. The predicted molar refractivity (Wildman–Crippen MR) is 86.7 cm³/mol. The Hall–Kier alpha value is -2.16. The first-order valence-electron chi connectivity index (χ1n) is 7.59. The highest BCUT2D eigenvalue weighted by atomic mass is 15.3. The lowest BCUT2D eigenvalue weighted by atomic mass is 9.98. The molecular weight excluding hydrogens is 258 g/mol. The molecular formula is C18H21N3. The maximum Gasteiger partial charge on any atom is 0.154 e. The second kappa shape index (κ2) is 5.32. The highest BCUT2D eigenvalue weighted by Crippen LogP contribution is 2.27. The molecule has 108 valence electrons. The summed E-state index contributed by atoms with van der Waals surface area (Å²) in [6, 6.07) is 10.8. The van der Waals surface area contributed by atoms with Gasteiger partial charge >= 0.3 is 0 Å². The zero-order chi connectivity index (χ0) is 15.0. The lowest BCUT2D eigenvalue weighted by Gasteiger charge is -2.09. The van der Waals surface area contributed by atoms with E-state index in [0.29, 0.717) is 0 Å². The topological polar surface area (TPSA) is 30.2 Å². The van der Waals surface area contributed by atoms with E-state index in [2.05, 4.69) is 49.1 Å². The van der Waals surface area contributed by atoms with E-state index in [-0.39, 0.29) is 0 Å². The molecule has 0 bridgehead atoms. The Kier molecular flexibility index (Phi) is 3.50. The van der Waals surface area contributed by atoms with Crippen molar-refractivity contribution in [2.24, 2.45) is 0 Å². The van der Waals surface area contributed by atoms with Gasteiger partial charge in [-0.05, 0) is 56.0 Å². The van der Waals surface area contributed by atoms with Crippen molar-refractivity contribution in [2.75, 3.05) is 0 Å². The number of rotatable bonds is 3. The molecule has 0 amide bonds. The molecule has 0 aliphatic heterocycles. The molecule has 0 unspecified atom stereocenters. The minimum Gasteiger partial charge on any atom is -0.232 e. The summed E-state index contributed by atoms with van der Waals surface area (Å²) in [5, 5.41) is 4.63. The smallest absolute Gasteiger partial charge is 0.154 e. The third kappa shape index (κ3) is 2.33. The van der Waals surface area contributed by atoms with E-state index >= 15 is 0 Å². The maximum atomic E-state index is 4.63. The van der Waals surface area contributed by atoms with Crippen LogP contribution in [0.5, 0.6) is 0 Å². The second-order valence-corrected chi connectivity index (χ2v) is 5.48. The number of nitrogens with zero attached hydrogens (tertiary/aromatic N) is 3. The first-order valence-corrected chi connectivity index (χ1v) is 7.59. The van der Waals surface area contributed by atoms with Gasteiger partial charge in [0.2, 0.25) is 0 Å². The lowest BCUT2D eigenvalue weighted by Crippen LogP contribution is -1.98. The molecule has 0 fully saturated rings. The highest BCUT2D eigenvalue weighted by Gasteiger charge is 2.13. The summed E-state index contributed by atoms with van der Waals surface area (Å²) in [5.74, 6) is 0. The lowest BCUT2D eigenvalue weighted by molar-refractivity contribution is 0.905. The molecule has 0 radical (unpaired) electrons. The zero-order valence-corrected chi connectivity index (χ0v) is 13.1. The van der Waals surface area contributed by atoms with Crippen LogP contribution in [-0.4, -0.2) is 14.6 Å². The van der Waals surface area contributed by atoms with Crippen LogP contribution in [0.3, 0.4) is 0 Å². The van der Waals surface area contributed by atoms with E-state index in [0.717, 1.165) is 35.6 Å². The van der Waals surface area contributed by atoms with Crippen LogP contribution in [0, 0.1) is 13.8 Å². The molecule has 2 heterocycles. The van der Waals surface area contributed by atoms with Crippen molar-refractivity contribution >= 4 is 5.65 Å². The van der Waals surface area contributed by atoms with Crippen LogP contribution in [0.25, 0.3) is 16.9 Å². The van der Waals surface area contributed by atoms with Gasteiger partial charge < -0.3 is 0 Å². The fourth-order valence-electron chi connectivity index (χ4n) is 2.91. The van der Waals surface area contributed by atoms with Gasteiger partial charge in [0.05, 0.1) is 17.1 Å². The van der Waals surface area contributed by atoms with E-state index in [1.807, 2.05) is 23.6 Å². The van der Waals surface area contributed by atoms with Crippen LogP contribution < -0.4 is 0 Å². The van der Waals surface area contributed by atoms with Gasteiger partial charge in [-0.2, -0.15) is 5.10 Å². The molecule has 0 atom stereocenters. The molecule has 2 aromatic heterocycles. The summed E-state index contributed by atoms with van der Waals surface area (Å²) < 4.78 is 1.96. The van der Waals surface area contributed by atoms with Crippen LogP contribution in [0.15, 0.2) is 30.3 Å². The standard InChI is InChI=1S/C18H21N3/c1-5-14-8-9-16(11-15(14)6-2)18-13(4)19-17-10-7-12(3)20-21(17)18/h7-11H,5-6H2,1-4H3. The summed E-state index contributed by atoms with van der Waals surface area (Å²) >= 11 is 0. The van der Waals surface area contributed by atoms with Crippen LogP contribution in [0.2, 0.25) is 0 Å². The SMILES string of the molecule is CCc1ccc(-c2c(C)nc3ccc(C)nn23)cc1CC. The molecule has 0 aliphatic carbocycles. The highest BCUT2D eigenvalue weighted by molar-refractivity contribution is 5.67. The van der Waals surface area contributed by atoms with Crippen LogP contribution >= 0.6 is 0 Å². The maximum absolute atomic E-state index is 4.63. The fourth-order valence-corrected chi connectivity index (χ4v) is 2.91. The molecule has 3 nitrogen and oxygen atoms in total. The molecule has 21 heavy (non-hydrogen) atoms. The minimum absolute atomic E-state index is 0.908. The van der Waals surface area contributed by atoms with E-state index in [1.165, 1.54) is 16.7 Å². The molecule has 0 spiro atoms. The quantitative estimate of drug-likeness (QED) is 0.721.